The third-order valence-electron chi connectivity index (χ3n) is 4.36. The standard InChI is InChI=1S/C20H35NO3Si2/c1-8-26(9-2,10-3)23-19(16-20(22-4)24-25(5,6)7)21-17-18-14-12-11-13-15-18/h11-16H,8-10,17H2,1-7H3/b20-16-,21-19?. The Kier molecular flexibility index (Phi) is 9.15. The SMILES string of the molecule is CC[Si](CC)(CC)OC(/C=C(/OC)O[Si](C)(C)C)=NCc1ccccc1. The minimum atomic E-state index is -1.83. The van der Waals surface area contributed by atoms with Crippen LogP contribution >= 0.6 is 0 Å². The van der Waals surface area contributed by atoms with Gasteiger partial charge in [-0.25, -0.2) is 4.99 Å². The molecule has 26 heavy (non-hydrogen) atoms. The number of nitrogens with zero attached hydrogens (tertiary/aromatic N) is 1. The highest BCUT2D eigenvalue weighted by Gasteiger charge is 2.32. The first-order chi connectivity index (χ1) is 12.3. The first-order valence-corrected chi connectivity index (χ1v) is 15.4. The van der Waals surface area contributed by atoms with E-state index in [0.717, 1.165) is 23.7 Å². The number of hydrogen-bond acceptors (Lipinski definition) is 4. The highest BCUT2D eigenvalue weighted by molar-refractivity contribution is 6.75. The molecule has 0 fully saturated rings. The number of methoxy groups -OCH3 is 1. The summed E-state index contributed by atoms with van der Waals surface area (Å²) in [6, 6.07) is 13.4. The average molecular weight is 394 g/mol. The molecule has 0 aromatic heterocycles. The molecule has 0 atom stereocenters. The topological polar surface area (TPSA) is 40.0 Å². The van der Waals surface area contributed by atoms with Gasteiger partial charge in [0.2, 0.25) is 14.2 Å². The van der Waals surface area contributed by atoms with E-state index in [2.05, 4.69) is 52.5 Å². The van der Waals surface area contributed by atoms with Gasteiger partial charge in [-0.05, 0) is 43.3 Å². The minimum Gasteiger partial charge on any atom is -0.531 e. The van der Waals surface area contributed by atoms with E-state index in [1.165, 1.54) is 0 Å². The van der Waals surface area contributed by atoms with Crippen molar-refractivity contribution >= 4 is 22.5 Å². The van der Waals surface area contributed by atoms with Gasteiger partial charge in [0.05, 0.1) is 19.7 Å². The van der Waals surface area contributed by atoms with Crippen molar-refractivity contribution in [2.45, 2.75) is 65.1 Å². The summed E-state index contributed by atoms with van der Waals surface area (Å²) < 4.78 is 18.0. The van der Waals surface area contributed by atoms with Crippen LogP contribution in [0.5, 0.6) is 0 Å². The number of benzene rings is 1. The summed E-state index contributed by atoms with van der Waals surface area (Å²) >= 11 is 0. The molecule has 0 aliphatic heterocycles. The predicted octanol–water partition coefficient (Wildman–Crippen LogP) is 5.95. The minimum absolute atomic E-state index is 0.488. The van der Waals surface area contributed by atoms with E-state index in [4.69, 9.17) is 18.6 Å². The lowest BCUT2D eigenvalue weighted by atomic mass is 10.2. The molecular formula is C20H35NO3Si2. The maximum absolute atomic E-state index is 6.52. The Morgan fingerprint density at radius 3 is 2.00 bits per heavy atom. The number of rotatable bonds is 10. The molecular weight excluding hydrogens is 358 g/mol. The molecule has 0 N–H and O–H groups in total. The molecule has 6 heteroatoms. The van der Waals surface area contributed by atoms with Crippen molar-refractivity contribution in [2.24, 2.45) is 4.99 Å². The zero-order valence-corrected chi connectivity index (χ0v) is 19.5. The molecule has 0 bridgehead atoms. The smallest absolute Gasteiger partial charge is 0.270 e. The Hall–Kier alpha value is -1.54. The van der Waals surface area contributed by atoms with E-state index >= 15 is 0 Å². The lowest BCUT2D eigenvalue weighted by Gasteiger charge is -2.29. The van der Waals surface area contributed by atoms with Gasteiger partial charge in [0, 0.05) is 0 Å². The van der Waals surface area contributed by atoms with Crippen LogP contribution in [0.1, 0.15) is 26.3 Å². The molecule has 0 radical (unpaired) electrons. The number of ether oxygens (including phenoxy) is 1. The fraction of sp³-hybridized carbons (Fsp3) is 0.550. The Labute approximate surface area is 161 Å². The van der Waals surface area contributed by atoms with E-state index in [1.807, 2.05) is 24.3 Å². The highest BCUT2D eigenvalue weighted by atomic mass is 28.4. The van der Waals surface area contributed by atoms with Crippen LogP contribution in [0, 0.1) is 0 Å². The quantitative estimate of drug-likeness (QED) is 0.213. The van der Waals surface area contributed by atoms with Crippen molar-refractivity contribution in [1.82, 2.24) is 0 Å². The molecule has 4 nitrogen and oxygen atoms in total. The van der Waals surface area contributed by atoms with Gasteiger partial charge in [-0.15, -0.1) is 0 Å². The van der Waals surface area contributed by atoms with Gasteiger partial charge in [-0.1, -0.05) is 51.1 Å². The van der Waals surface area contributed by atoms with Gasteiger partial charge in [-0.2, -0.15) is 0 Å². The van der Waals surface area contributed by atoms with E-state index in [1.54, 1.807) is 7.11 Å². The van der Waals surface area contributed by atoms with Crippen molar-refractivity contribution in [1.29, 1.82) is 0 Å². The highest BCUT2D eigenvalue weighted by Crippen LogP contribution is 2.23. The average Bonchev–Trinajstić information content (AvgIpc) is 2.63. The summed E-state index contributed by atoms with van der Waals surface area (Å²) in [6.45, 7) is 13.6. The van der Waals surface area contributed by atoms with E-state index in [9.17, 15) is 0 Å². The van der Waals surface area contributed by atoms with Crippen molar-refractivity contribution in [3.63, 3.8) is 0 Å². The summed E-state index contributed by atoms with van der Waals surface area (Å²) in [6.07, 6.45) is 1.82. The first kappa shape index (κ1) is 22.5. The number of hydrogen-bond donors (Lipinski definition) is 0. The van der Waals surface area contributed by atoms with E-state index in [-0.39, 0.29) is 0 Å². The van der Waals surface area contributed by atoms with Crippen LogP contribution in [0.25, 0.3) is 0 Å². The largest absolute Gasteiger partial charge is 0.531 e. The maximum Gasteiger partial charge on any atom is 0.270 e. The fourth-order valence-corrected chi connectivity index (χ4v) is 5.83. The normalized spacial score (nSPS) is 13.5. The van der Waals surface area contributed by atoms with Gasteiger partial charge in [0.1, 0.15) is 0 Å². The lowest BCUT2D eigenvalue weighted by Crippen LogP contribution is -2.38. The summed E-state index contributed by atoms with van der Waals surface area (Å²) in [5.41, 5.74) is 1.16. The Morgan fingerprint density at radius 1 is 0.962 bits per heavy atom. The van der Waals surface area contributed by atoms with Gasteiger partial charge >= 0.3 is 0 Å². The van der Waals surface area contributed by atoms with Crippen LogP contribution in [-0.4, -0.2) is 29.6 Å². The molecule has 0 spiro atoms. The van der Waals surface area contributed by atoms with Crippen LogP contribution in [0.3, 0.4) is 0 Å². The molecule has 0 unspecified atom stereocenters. The molecule has 0 heterocycles. The van der Waals surface area contributed by atoms with Crippen LogP contribution in [0.15, 0.2) is 47.3 Å². The second-order valence-corrected chi connectivity index (χ2v) is 16.5. The van der Waals surface area contributed by atoms with Gasteiger partial charge < -0.3 is 13.6 Å². The first-order valence-electron chi connectivity index (χ1n) is 9.49. The zero-order chi connectivity index (χ0) is 19.6. The molecule has 1 aromatic rings. The predicted molar refractivity (Wildman–Crippen MR) is 115 cm³/mol. The second-order valence-electron chi connectivity index (χ2n) is 7.37. The Balaban J connectivity index is 3.14. The van der Waals surface area contributed by atoms with E-state index < -0.39 is 16.6 Å². The molecule has 0 aliphatic carbocycles. The molecule has 1 rings (SSSR count). The van der Waals surface area contributed by atoms with Gasteiger partial charge in [-0.3, -0.25) is 0 Å². The van der Waals surface area contributed by atoms with Crippen LogP contribution in [0.2, 0.25) is 37.8 Å². The van der Waals surface area contributed by atoms with Gasteiger partial charge in [0.25, 0.3) is 14.3 Å². The van der Waals surface area contributed by atoms with Crippen LogP contribution < -0.4 is 0 Å². The molecule has 0 aliphatic rings. The van der Waals surface area contributed by atoms with Crippen LogP contribution in [-0.2, 0) is 20.1 Å². The molecule has 0 amide bonds. The fourth-order valence-electron chi connectivity index (χ4n) is 2.58. The summed E-state index contributed by atoms with van der Waals surface area (Å²) in [5.74, 6) is 1.11. The van der Waals surface area contributed by atoms with Crippen LogP contribution in [0.4, 0.5) is 0 Å². The van der Waals surface area contributed by atoms with Crippen molar-refractivity contribution in [3.8, 4) is 0 Å². The third kappa shape index (κ3) is 7.78. The van der Waals surface area contributed by atoms with Crippen molar-refractivity contribution in [3.05, 3.63) is 47.9 Å². The van der Waals surface area contributed by atoms with Crippen molar-refractivity contribution < 1.29 is 13.6 Å². The second kappa shape index (κ2) is 10.6. The monoisotopic (exact) mass is 393 g/mol. The lowest BCUT2D eigenvalue weighted by molar-refractivity contribution is 0.147. The zero-order valence-electron chi connectivity index (χ0n) is 17.5. The third-order valence-corrected chi connectivity index (χ3v) is 9.69. The van der Waals surface area contributed by atoms with E-state index in [0.29, 0.717) is 18.4 Å². The summed E-state index contributed by atoms with van der Waals surface area (Å²) in [4.78, 5) is 4.75. The summed E-state index contributed by atoms with van der Waals surface area (Å²) in [7, 11) is -1.97. The Morgan fingerprint density at radius 2 is 1.54 bits per heavy atom. The summed E-state index contributed by atoms with van der Waals surface area (Å²) in [5, 5.41) is 0. The van der Waals surface area contributed by atoms with Crippen molar-refractivity contribution in [2.75, 3.05) is 7.11 Å². The Bertz CT molecular complexity index is 583. The number of aliphatic imine (C=N–C) groups is 1. The molecule has 0 saturated carbocycles. The molecule has 146 valence electrons. The molecule has 1 aromatic carbocycles. The van der Waals surface area contributed by atoms with Gasteiger partial charge in [0.15, 0.2) is 0 Å². The maximum atomic E-state index is 6.52. The molecule has 0 saturated heterocycles.